The van der Waals surface area contributed by atoms with E-state index in [9.17, 15) is 5.11 Å². The highest BCUT2D eigenvalue weighted by molar-refractivity contribution is 5.16. The lowest BCUT2D eigenvalue weighted by Crippen LogP contribution is -2.44. The van der Waals surface area contributed by atoms with Gasteiger partial charge in [0.2, 0.25) is 0 Å². The first-order valence-electron chi connectivity index (χ1n) is 6.65. The Morgan fingerprint density at radius 1 is 1.50 bits per heavy atom. The maximum Gasteiger partial charge on any atom is 0.0815 e. The molecule has 0 bridgehead atoms. The molecule has 1 aliphatic heterocycles. The summed E-state index contributed by atoms with van der Waals surface area (Å²) in [4.78, 5) is 0. The van der Waals surface area contributed by atoms with E-state index in [1.165, 1.54) is 5.56 Å². The first-order valence-corrected chi connectivity index (χ1v) is 6.65. The van der Waals surface area contributed by atoms with Crippen molar-refractivity contribution in [2.75, 3.05) is 19.8 Å². The van der Waals surface area contributed by atoms with Gasteiger partial charge >= 0.3 is 0 Å². The molecule has 5 heteroatoms. The van der Waals surface area contributed by atoms with Crippen LogP contribution in [0, 0.1) is 0 Å². The molecule has 1 aromatic rings. The van der Waals surface area contributed by atoms with E-state index < -0.39 is 5.60 Å². The van der Waals surface area contributed by atoms with Crippen LogP contribution in [0.25, 0.3) is 0 Å². The SMILES string of the molecule is CCc1nn(C)cc1CNCC1(O)CCOCC1. The summed E-state index contributed by atoms with van der Waals surface area (Å²) in [7, 11) is 1.94. The van der Waals surface area contributed by atoms with Crippen LogP contribution in [0.3, 0.4) is 0 Å². The molecule has 2 heterocycles. The number of nitrogens with one attached hydrogen (secondary N) is 1. The summed E-state index contributed by atoms with van der Waals surface area (Å²) in [6, 6.07) is 0. The number of hydrogen-bond acceptors (Lipinski definition) is 4. The molecule has 5 nitrogen and oxygen atoms in total. The van der Waals surface area contributed by atoms with Crippen LogP contribution in [-0.2, 0) is 24.8 Å². The van der Waals surface area contributed by atoms with Gasteiger partial charge in [-0.25, -0.2) is 0 Å². The topological polar surface area (TPSA) is 59.3 Å². The van der Waals surface area contributed by atoms with Gasteiger partial charge < -0.3 is 15.2 Å². The van der Waals surface area contributed by atoms with Crippen molar-refractivity contribution < 1.29 is 9.84 Å². The molecule has 0 atom stereocenters. The smallest absolute Gasteiger partial charge is 0.0815 e. The Morgan fingerprint density at radius 3 is 2.89 bits per heavy atom. The minimum absolute atomic E-state index is 0.604. The minimum atomic E-state index is -0.604. The Balaban J connectivity index is 1.84. The second kappa shape index (κ2) is 5.82. The normalized spacial score (nSPS) is 19.1. The van der Waals surface area contributed by atoms with Gasteiger partial charge in [0.1, 0.15) is 0 Å². The number of hydrogen-bond donors (Lipinski definition) is 2. The van der Waals surface area contributed by atoms with Crippen molar-refractivity contribution in [3.8, 4) is 0 Å². The molecule has 0 aromatic carbocycles. The molecule has 1 aromatic heterocycles. The number of rotatable bonds is 5. The van der Waals surface area contributed by atoms with Gasteiger partial charge in [-0.15, -0.1) is 0 Å². The molecule has 1 saturated heterocycles. The Hall–Kier alpha value is -0.910. The second-order valence-electron chi connectivity index (χ2n) is 5.07. The summed E-state index contributed by atoms with van der Waals surface area (Å²) in [5.74, 6) is 0. The third kappa shape index (κ3) is 3.31. The number of aromatic nitrogens is 2. The van der Waals surface area contributed by atoms with Gasteiger partial charge in [-0.05, 0) is 6.42 Å². The van der Waals surface area contributed by atoms with Gasteiger partial charge in [0.15, 0.2) is 0 Å². The Labute approximate surface area is 108 Å². The highest BCUT2D eigenvalue weighted by Gasteiger charge is 2.29. The van der Waals surface area contributed by atoms with Gasteiger partial charge in [-0.3, -0.25) is 4.68 Å². The fourth-order valence-corrected chi connectivity index (χ4v) is 2.39. The highest BCUT2D eigenvalue weighted by Crippen LogP contribution is 2.19. The molecule has 2 N–H and O–H groups in total. The van der Waals surface area contributed by atoms with Crippen molar-refractivity contribution in [3.05, 3.63) is 17.5 Å². The summed E-state index contributed by atoms with van der Waals surface area (Å²) in [5, 5.41) is 18.1. The zero-order valence-corrected chi connectivity index (χ0v) is 11.3. The van der Waals surface area contributed by atoms with Crippen LogP contribution < -0.4 is 5.32 Å². The van der Waals surface area contributed by atoms with E-state index in [4.69, 9.17) is 4.74 Å². The maximum absolute atomic E-state index is 10.3. The average molecular weight is 253 g/mol. The van der Waals surface area contributed by atoms with Crippen LogP contribution in [0.5, 0.6) is 0 Å². The van der Waals surface area contributed by atoms with E-state index in [1.807, 2.05) is 17.9 Å². The van der Waals surface area contributed by atoms with Crippen molar-refractivity contribution in [2.24, 2.45) is 7.05 Å². The quantitative estimate of drug-likeness (QED) is 0.807. The average Bonchev–Trinajstić information content (AvgIpc) is 2.70. The summed E-state index contributed by atoms with van der Waals surface area (Å²) < 4.78 is 7.11. The molecular weight excluding hydrogens is 230 g/mol. The van der Waals surface area contributed by atoms with Crippen LogP contribution in [0.1, 0.15) is 31.0 Å². The molecule has 1 fully saturated rings. The van der Waals surface area contributed by atoms with E-state index in [0.717, 1.165) is 18.7 Å². The number of aliphatic hydroxyl groups is 1. The van der Waals surface area contributed by atoms with Crippen LogP contribution in [0.2, 0.25) is 0 Å². The lowest BCUT2D eigenvalue weighted by atomic mass is 9.94. The summed E-state index contributed by atoms with van der Waals surface area (Å²) >= 11 is 0. The standard InChI is InChI=1S/C13H23N3O2/c1-3-12-11(9-16(2)15-12)8-14-10-13(17)4-6-18-7-5-13/h9,14,17H,3-8,10H2,1-2H3. The van der Waals surface area contributed by atoms with Crippen molar-refractivity contribution >= 4 is 0 Å². The molecule has 0 saturated carbocycles. The third-order valence-electron chi connectivity index (χ3n) is 3.52. The van der Waals surface area contributed by atoms with Gasteiger partial charge in [0.25, 0.3) is 0 Å². The van der Waals surface area contributed by atoms with Crippen LogP contribution in [-0.4, -0.2) is 40.2 Å². The lowest BCUT2D eigenvalue weighted by Gasteiger charge is -2.32. The monoisotopic (exact) mass is 253 g/mol. The first-order chi connectivity index (χ1) is 8.63. The molecule has 0 spiro atoms. The van der Waals surface area contributed by atoms with Gasteiger partial charge in [0, 0.05) is 58.0 Å². The zero-order valence-electron chi connectivity index (χ0n) is 11.3. The lowest BCUT2D eigenvalue weighted by molar-refractivity contribution is -0.0617. The Morgan fingerprint density at radius 2 is 2.22 bits per heavy atom. The number of aryl methyl sites for hydroxylation is 2. The number of ether oxygens (including phenoxy) is 1. The molecule has 0 amide bonds. The number of nitrogens with zero attached hydrogens (tertiary/aromatic N) is 2. The highest BCUT2D eigenvalue weighted by atomic mass is 16.5. The molecule has 0 radical (unpaired) electrons. The van der Waals surface area contributed by atoms with E-state index in [2.05, 4.69) is 17.3 Å². The van der Waals surface area contributed by atoms with E-state index in [1.54, 1.807) is 0 Å². The molecule has 1 aliphatic rings. The maximum atomic E-state index is 10.3. The fourth-order valence-electron chi connectivity index (χ4n) is 2.39. The second-order valence-corrected chi connectivity index (χ2v) is 5.07. The minimum Gasteiger partial charge on any atom is -0.388 e. The van der Waals surface area contributed by atoms with Gasteiger partial charge in [-0.1, -0.05) is 6.92 Å². The summed E-state index contributed by atoms with van der Waals surface area (Å²) in [5.41, 5.74) is 1.74. The molecule has 102 valence electrons. The molecule has 0 unspecified atom stereocenters. The van der Waals surface area contributed by atoms with Crippen molar-refractivity contribution in [3.63, 3.8) is 0 Å². The fraction of sp³-hybridized carbons (Fsp3) is 0.769. The van der Waals surface area contributed by atoms with Crippen molar-refractivity contribution in [2.45, 2.75) is 38.3 Å². The van der Waals surface area contributed by atoms with Crippen LogP contribution in [0.15, 0.2) is 6.20 Å². The summed E-state index contributed by atoms with van der Waals surface area (Å²) in [6.07, 6.45) is 4.41. The summed E-state index contributed by atoms with van der Waals surface area (Å²) in [6.45, 7) is 4.81. The van der Waals surface area contributed by atoms with Crippen LogP contribution >= 0.6 is 0 Å². The third-order valence-corrected chi connectivity index (χ3v) is 3.52. The Bertz CT molecular complexity index is 384. The predicted octanol–water partition coefficient (Wildman–Crippen LogP) is 0.614. The van der Waals surface area contributed by atoms with Crippen LogP contribution in [0.4, 0.5) is 0 Å². The van der Waals surface area contributed by atoms with E-state index in [-0.39, 0.29) is 0 Å². The van der Waals surface area contributed by atoms with Crippen molar-refractivity contribution in [1.29, 1.82) is 0 Å². The van der Waals surface area contributed by atoms with E-state index in [0.29, 0.717) is 32.6 Å². The zero-order chi connectivity index (χ0) is 13.0. The molecular formula is C13H23N3O2. The molecule has 18 heavy (non-hydrogen) atoms. The van der Waals surface area contributed by atoms with Gasteiger partial charge in [0.05, 0.1) is 11.3 Å². The molecule has 2 rings (SSSR count). The molecule has 0 aliphatic carbocycles. The largest absolute Gasteiger partial charge is 0.388 e. The van der Waals surface area contributed by atoms with Crippen molar-refractivity contribution in [1.82, 2.24) is 15.1 Å². The van der Waals surface area contributed by atoms with Gasteiger partial charge in [-0.2, -0.15) is 5.10 Å². The van der Waals surface area contributed by atoms with E-state index >= 15 is 0 Å². The predicted molar refractivity (Wildman–Crippen MR) is 69.3 cm³/mol. The first kappa shape index (κ1) is 13.5. The Kier molecular flexibility index (Phi) is 4.37.